The molecule has 0 aliphatic carbocycles. The number of carbonyl (C=O) groups is 1. The van der Waals surface area contributed by atoms with E-state index in [1.807, 2.05) is 38.1 Å². The van der Waals surface area contributed by atoms with Crippen LogP contribution in [-0.4, -0.2) is 28.2 Å². The van der Waals surface area contributed by atoms with Gasteiger partial charge in [0.2, 0.25) is 11.9 Å². The SMILES string of the molecule is Cc1ccc2nc(NC3NC(=O)C(Cc4ccccc4C)C(C)N3)nc(C)c2c1. The van der Waals surface area contributed by atoms with E-state index in [2.05, 4.69) is 58.0 Å². The number of nitrogens with one attached hydrogen (secondary N) is 3. The van der Waals surface area contributed by atoms with Gasteiger partial charge < -0.3 is 10.6 Å². The normalized spacial score (nSPS) is 21.8. The van der Waals surface area contributed by atoms with Gasteiger partial charge in [0, 0.05) is 11.4 Å². The molecule has 6 nitrogen and oxygen atoms in total. The summed E-state index contributed by atoms with van der Waals surface area (Å²) < 4.78 is 0. The van der Waals surface area contributed by atoms with Crippen molar-refractivity contribution in [3.05, 3.63) is 64.8 Å². The largest absolute Gasteiger partial charge is 0.323 e. The van der Waals surface area contributed by atoms with Gasteiger partial charge >= 0.3 is 0 Å². The molecule has 1 saturated heterocycles. The number of anilines is 1. The van der Waals surface area contributed by atoms with Crippen LogP contribution in [0.25, 0.3) is 10.9 Å². The molecule has 4 rings (SSSR count). The number of carbonyl (C=O) groups excluding carboxylic acids is 1. The Hall–Kier alpha value is -2.99. The number of aromatic nitrogens is 2. The van der Waals surface area contributed by atoms with Crippen molar-refractivity contribution in [2.24, 2.45) is 5.92 Å². The van der Waals surface area contributed by atoms with E-state index in [0.29, 0.717) is 12.4 Å². The van der Waals surface area contributed by atoms with Gasteiger partial charge in [-0.15, -0.1) is 0 Å². The van der Waals surface area contributed by atoms with Gasteiger partial charge in [0.1, 0.15) is 0 Å². The first-order valence-electron chi connectivity index (χ1n) is 10.0. The highest BCUT2D eigenvalue weighted by Crippen LogP contribution is 2.21. The van der Waals surface area contributed by atoms with Gasteiger partial charge in [-0.3, -0.25) is 10.1 Å². The molecular weight excluding hydrogens is 362 g/mol. The summed E-state index contributed by atoms with van der Waals surface area (Å²) in [4.78, 5) is 22.0. The van der Waals surface area contributed by atoms with Crippen molar-refractivity contribution in [3.8, 4) is 0 Å². The monoisotopic (exact) mass is 389 g/mol. The number of amides is 1. The lowest BCUT2D eigenvalue weighted by molar-refractivity contribution is -0.128. The number of hydrogen-bond acceptors (Lipinski definition) is 5. The van der Waals surface area contributed by atoms with Crippen molar-refractivity contribution in [3.63, 3.8) is 0 Å². The maximum Gasteiger partial charge on any atom is 0.227 e. The minimum absolute atomic E-state index is 0.0186. The van der Waals surface area contributed by atoms with E-state index in [0.717, 1.165) is 16.6 Å². The predicted molar refractivity (Wildman–Crippen MR) is 116 cm³/mol. The fraction of sp³-hybridized carbons (Fsp3) is 0.348. The molecule has 0 radical (unpaired) electrons. The van der Waals surface area contributed by atoms with Gasteiger partial charge in [-0.05, 0) is 57.4 Å². The Kier molecular flexibility index (Phi) is 5.20. The molecule has 150 valence electrons. The molecular formula is C23H27N5O. The third-order valence-corrected chi connectivity index (χ3v) is 5.67. The Labute approximate surface area is 171 Å². The molecule has 6 heteroatoms. The van der Waals surface area contributed by atoms with Crippen molar-refractivity contribution >= 4 is 22.8 Å². The number of benzene rings is 2. The van der Waals surface area contributed by atoms with Crippen molar-refractivity contribution in [2.45, 2.75) is 46.4 Å². The molecule has 3 atom stereocenters. The summed E-state index contributed by atoms with van der Waals surface area (Å²) in [5, 5.41) is 10.7. The topological polar surface area (TPSA) is 78.9 Å². The Balaban J connectivity index is 1.48. The maximum absolute atomic E-state index is 12.8. The zero-order valence-corrected chi connectivity index (χ0v) is 17.3. The van der Waals surface area contributed by atoms with Crippen molar-refractivity contribution in [2.75, 3.05) is 5.32 Å². The van der Waals surface area contributed by atoms with E-state index in [9.17, 15) is 4.79 Å². The molecule has 2 aromatic carbocycles. The average Bonchev–Trinajstić information content (AvgIpc) is 2.67. The Morgan fingerprint density at radius 1 is 1.07 bits per heavy atom. The van der Waals surface area contributed by atoms with Crippen LogP contribution < -0.4 is 16.0 Å². The van der Waals surface area contributed by atoms with Crippen LogP contribution in [0, 0.1) is 26.7 Å². The van der Waals surface area contributed by atoms with Crippen LogP contribution in [0.3, 0.4) is 0 Å². The number of fused-ring (bicyclic) bond motifs is 1. The minimum atomic E-state index is -0.409. The molecule has 1 aliphatic rings. The third-order valence-electron chi connectivity index (χ3n) is 5.67. The highest BCUT2D eigenvalue weighted by Gasteiger charge is 2.33. The van der Waals surface area contributed by atoms with Gasteiger partial charge in [-0.2, -0.15) is 0 Å². The first-order chi connectivity index (χ1) is 13.9. The molecule has 3 N–H and O–H groups in total. The van der Waals surface area contributed by atoms with E-state index in [1.54, 1.807) is 0 Å². The van der Waals surface area contributed by atoms with Gasteiger partial charge in [0.05, 0.1) is 17.1 Å². The number of hydrogen-bond donors (Lipinski definition) is 3. The zero-order chi connectivity index (χ0) is 20.5. The van der Waals surface area contributed by atoms with E-state index in [1.165, 1.54) is 16.7 Å². The highest BCUT2D eigenvalue weighted by molar-refractivity contribution is 5.83. The fourth-order valence-electron chi connectivity index (χ4n) is 3.91. The molecule has 0 spiro atoms. The molecule has 1 aliphatic heterocycles. The quantitative estimate of drug-likeness (QED) is 0.639. The summed E-state index contributed by atoms with van der Waals surface area (Å²) in [5.41, 5.74) is 5.39. The van der Waals surface area contributed by atoms with E-state index in [4.69, 9.17) is 0 Å². The van der Waals surface area contributed by atoms with Crippen LogP contribution in [0.15, 0.2) is 42.5 Å². The Morgan fingerprint density at radius 2 is 1.86 bits per heavy atom. The van der Waals surface area contributed by atoms with Crippen LogP contribution in [0.5, 0.6) is 0 Å². The van der Waals surface area contributed by atoms with Crippen molar-refractivity contribution in [1.29, 1.82) is 0 Å². The molecule has 0 bridgehead atoms. The van der Waals surface area contributed by atoms with Crippen molar-refractivity contribution < 1.29 is 4.79 Å². The second-order valence-electron chi connectivity index (χ2n) is 7.93. The molecule has 2 heterocycles. The van der Waals surface area contributed by atoms with E-state index in [-0.39, 0.29) is 17.9 Å². The molecule has 1 fully saturated rings. The predicted octanol–water partition coefficient (Wildman–Crippen LogP) is 3.22. The van der Waals surface area contributed by atoms with Crippen LogP contribution in [0.4, 0.5) is 5.95 Å². The highest BCUT2D eigenvalue weighted by atomic mass is 16.2. The summed E-state index contributed by atoms with van der Waals surface area (Å²) >= 11 is 0. The van der Waals surface area contributed by atoms with Crippen molar-refractivity contribution in [1.82, 2.24) is 20.6 Å². The van der Waals surface area contributed by atoms with Gasteiger partial charge in [0.25, 0.3) is 0 Å². The maximum atomic E-state index is 12.8. The Morgan fingerprint density at radius 3 is 2.62 bits per heavy atom. The number of rotatable bonds is 4. The third kappa shape index (κ3) is 4.07. The van der Waals surface area contributed by atoms with Crippen LogP contribution in [0.1, 0.15) is 29.3 Å². The molecule has 29 heavy (non-hydrogen) atoms. The minimum Gasteiger partial charge on any atom is -0.323 e. The van der Waals surface area contributed by atoms with E-state index >= 15 is 0 Å². The Bertz CT molecular complexity index is 1060. The lowest BCUT2D eigenvalue weighted by Crippen LogP contribution is -2.63. The number of nitrogens with zero attached hydrogens (tertiary/aromatic N) is 2. The first kappa shape index (κ1) is 19.3. The summed E-state index contributed by atoms with van der Waals surface area (Å²) in [6.45, 7) is 8.16. The standard InChI is InChI=1S/C23H27N5O/c1-13-9-10-20-18(11-13)15(3)24-22(26-20)28-23-25-16(4)19(21(29)27-23)12-17-8-6-5-7-14(17)2/h5-11,16,19,23,25H,12H2,1-4H3,(H,27,29)(H,24,26,28). The molecule has 1 amide bonds. The summed E-state index contributed by atoms with van der Waals surface area (Å²) in [7, 11) is 0. The first-order valence-corrected chi connectivity index (χ1v) is 10.0. The zero-order valence-electron chi connectivity index (χ0n) is 17.3. The molecule has 0 saturated carbocycles. The van der Waals surface area contributed by atoms with Gasteiger partial charge in [-0.1, -0.05) is 35.9 Å². The molecule has 3 unspecified atom stereocenters. The van der Waals surface area contributed by atoms with Crippen LogP contribution in [-0.2, 0) is 11.2 Å². The molecule has 1 aromatic heterocycles. The fourth-order valence-corrected chi connectivity index (χ4v) is 3.91. The van der Waals surface area contributed by atoms with Crippen LogP contribution in [0.2, 0.25) is 0 Å². The van der Waals surface area contributed by atoms with Crippen LogP contribution >= 0.6 is 0 Å². The summed E-state index contributed by atoms with van der Waals surface area (Å²) in [5.74, 6) is 0.405. The van der Waals surface area contributed by atoms with Gasteiger partial charge in [-0.25, -0.2) is 9.97 Å². The van der Waals surface area contributed by atoms with Gasteiger partial charge in [0.15, 0.2) is 6.29 Å². The summed E-state index contributed by atoms with van der Waals surface area (Å²) in [6.07, 6.45) is 0.303. The second kappa shape index (κ2) is 7.79. The lowest BCUT2D eigenvalue weighted by atomic mass is 9.89. The lowest BCUT2D eigenvalue weighted by Gasteiger charge is -2.36. The summed E-state index contributed by atoms with van der Waals surface area (Å²) in [6, 6.07) is 14.4. The second-order valence-corrected chi connectivity index (χ2v) is 7.93. The van der Waals surface area contributed by atoms with E-state index < -0.39 is 6.29 Å². The average molecular weight is 390 g/mol. The smallest absolute Gasteiger partial charge is 0.227 e. The molecule has 3 aromatic rings. The number of aryl methyl sites for hydroxylation is 3.